The molecule has 1 saturated carbocycles. The molecule has 16 heavy (non-hydrogen) atoms. The Labute approximate surface area is 98.0 Å². The van der Waals surface area contributed by atoms with Crippen LogP contribution in [-0.2, 0) is 11.3 Å². The van der Waals surface area contributed by atoms with Crippen molar-refractivity contribution < 1.29 is 9.53 Å². The Morgan fingerprint density at radius 1 is 1.69 bits per heavy atom. The molecular formula is C10H15N3O2S. The van der Waals surface area contributed by atoms with Gasteiger partial charge in [0.2, 0.25) is 0 Å². The molecule has 2 rings (SSSR count). The smallest absolute Gasteiger partial charge is 0.294 e. The second-order valence-corrected chi connectivity index (χ2v) is 4.76. The van der Waals surface area contributed by atoms with Crippen molar-refractivity contribution in [1.29, 1.82) is 0 Å². The van der Waals surface area contributed by atoms with Gasteiger partial charge in [-0.1, -0.05) is 12.8 Å². The lowest BCUT2D eigenvalue weighted by atomic mass is 10.3. The Balaban J connectivity index is 1.71. The molecule has 1 fully saturated rings. The largest absolute Gasteiger partial charge is 0.375 e. The minimum absolute atomic E-state index is 0.353. The van der Waals surface area contributed by atoms with Crippen molar-refractivity contribution >= 4 is 17.2 Å². The standard InChI is InChI=1S/C10H15N3O2S/c11-13-9(14)10-12-8(6-16-10)5-15-4-3-7-1-2-7/h6-7H,1-5,11H2,(H,13,14). The summed E-state index contributed by atoms with van der Waals surface area (Å²) >= 11 is 1.28. The van der Waals surface area contributed by atoms with Crippen LogP contribution in [0.1, 0.15) is 34.8 Å². The molecule has 3 N–H and O–H groups in total. The number of thiazole rings is 1. The summed E-state index contributed by atoms with van der Waals surface area (Å²) in [7, 11) is 0. The molecule has 0 aromatic carbocycles. The minimum Gasteiger partial charge on any atom is -0.375 e. The number of carbonyl (C=O) groups excluding carboxylic acids is 1. The lowest BCUT2D eigenvalue weighted by molar-refractivity contribution is 0.0950. The molecule has 88 valence electrons. The van der Waals surface area contributed by atoms with Crippen LogP contribution in [-0.4, -0.2) is 17.5 Å². The second-order valence-electron chi connectivity index (χ2n) is 3.90. The highest BCUT2D eigenvalue weighted by Crippen LogP contribution is 2.32. The molecular weight excluding hydrogens is 226 g/mol. The third-order valence-corrected chi connectivity index (χ3v) is 3.38. The van der Waals surface area contributed by atoms with Crippen LogP contribution in [0.25, 0.3) is 0 Å². The van der Waals surface area contributed by atoms with Crippen molar-refractivity contribution in [2.45, 2.75) is 25.9 Å². The Kier molecular flexibility index (Phi) is 3.87. The zero-order chi connectivity index (χ0) is 11.4. The van der Waals surface area contributed by atoms with Gasteiger partial charge in [-0.3, -0.25) is 10.2 Å². The van der Waals surface area contributed by atoms with Gasteiger partial charge in [-0.15, -0.1) is 11.3 Å². The Bertz CT molecular complexity index is 363. The van der Waals surface area contributed by atoms with Gasteiger partial charge in [-0.25, -0.2) is 10.8 Å². The number of nitrogens with two attached hydrogens (primary N) is 1. The first-order chi connectivity index (χ1) is 7.79. The SMILES string of the molecule is NNC(=O)c1nc(COCCC2CC2)cs1. The normalized spacial score (nSPS) is 15.1. The minimum atomic E-state index is -0.353. The van der Waals surface area contributed by atoms with Crippen molar-refractivity contribution in [2.24, 2.45) is 11.8 Å². The molecule has 1 amide bonds. The van der Waals surface area contributed by atoms with Crippen LogP contribution in [0.15, 0.2) is 5.38 Å². The Morgan fingerprint density at radius 2 is 2.50 bits per heavy atom. The first-order valence-corrected chi connectivity index (χ1v) is 6.20. The van der Waals surface area contributed by atoms with Gasteiger partial charge in [0.05, 0.1) is 12.3 Å². The van der Waals surface area contributed by atoms with Crippen molar-refractivity contribution in [1.82, 2.24) is 10.4 Å². The van der Waals surface area contributed by atoms with E-state index in [4.69, 9.17) is 10.6 Å². The molecule has 5 nitrogen and oxygen atoms in total. The van der Waals surface area contributed by atoms with Crippen molar-refractivity contribution in [3.63, 3.8) is 0 Å². The fourth-order valence-corrected chi connectivity index (χ4v) is 2.08. The zero-order valence-electron chi connectivity index (χ0n) is 8.94. The van der Waals surface area contributed by atoms with Gasteiger partial charge in [0.15, 0.2) is 5.01 Å². The van der Waals surface area contributed by atoms with E-state index in [-0.39, 0.29) is 5.91 Å². The first kappa shape index (κ1) is 11.5. The number of nitrogens with one attached hydrogen (secondary N) is 1. The molecule has 1 aromatic heterocycles. The summed E-state index contributed by atoms with van der Waals surface area (Å²) < 4.78 is 5.48. The molecule has 0 unspecified atom stereocenters. The van der Waals surface area contributed by atoms with E-state index < -0.39 is 0 Å². The van der Waals surface area contributed by atoms with E-state index in [1.165, 1.54) is 24.2 Å². The summed E-state index contributed by atoms with van der Waals surface area (Å²) in [6.07, 6.45) is 3.84. The van der Waals surface area contributed by atoms with E-state index in [0.717, 1.165) is 24.6 Å². The van der Waals surface area contributed by atoms with Crippen LogP contribution in [0.5, 0.6) is 0 Å². The lowest BCUT2D eigenvalue weighted by Crippen LogP contribution is -2.29. The number of ether oxygens (including phenoxy) is 1. The van der Waals surface area contributed by atoms with Crippen LogP contribution >= 0.6 is 11.3 Å². The van der Waals surface area contributed by atoms with Gasteiger partial charge in [0.1, 0.15) is 0 Å². The predicted octanol–water partition coefficient (Wildman–Crippen LogP) is 1.06. The van der Waals surface area contributed by atoms with Crippen LogP contribution in [0.3, 0.4) is 0 Å². The molecule has 0 spiro atoms. The maximum atomic E-state index is 11.1. The number of carbonyl (C=O) groups is 1. The second kappa shape index (κ2) is 5.38. The lowest BCUT2D eigenvalue weighted by Gasteiger charge is -2.00. The van der Waals surface area contributed by atoms with E-state index in [9.17, 15) is 4.79 Å². The highest BCUT2D eigenvalue weighted by atomic mass is 32.1. The number of nitrogens with zero attached hydrogens (tertiary/aromatic N) is 1. The molecule has 1 aliphatic carbocycles. The summed E-state index contributed by atoms with van der Waals surface area (Å²) in [5.74, 6) is 5.54. The highest BCUT2D eigenvalue weighted by molar-refractivity contribution is 7.11. The number of aromatic nitrogens is 1. The first-order valence-electron chi connectivity index (χ1n) is 5.32. The van der Waals surface area contributed by atoms with Crippen molar-refractivity contribution in [3.8, 4) is 0 Å². The van der Waals surface area contributed by atoms with Crippen LogP contribution in [0.2, 0.25) is 0 Å². The number of hydrogen-bond donors (Lipinski definition) is 2. The molecule has 0 saturated heterocycles. The number of hydrogen-bond acceptors (Lipinski definition) is 5. The molecule has 1 aromatic rings. The number of amides is 1. The van der Waals surface area contributed by atoms with Gasteiger partial charge in [-0.05, 0) is 12.3 Å². The molecule has 0 radical (unpaired) electrons. The molecule has 0 atom stereocenters. The maximum Gasteiger partial charge on any atom is 0.294 e. The summed E-state index contributed by atoms with van der Waals surface area (Å²) in [6.45, 7) is 1.25. The van der Waals surface area contributed by atoms with Crippen molar-refractivity contribution in [2.75, 3.05) is 6.61 Å². The molecule has 1 aliphatic rings. The number of rotatable bonds is 6. The Hall–Kier alpha value is -0.980. The highest BCUT2D eigenvalue weighted by Gasteiger charge is 2.20. The Morgan fingerprint density at radius 3 is 3.19 bits per heavy atom. The molecule has 0 bridgehead atoms. The number of nitrogen functional groups attached to an aromatic ring is 1. The van der Waals surface area contributed by atoms with Crippen LogP contribution in [0.4, 0.5) is 0 Å². The van der Waals surface area contributed by atoms with Crippen LogP contribution < -0.4 is 11.3 Å². The molecule has 1 heterocycles. The topological polar surface area (TPSA) is 77.2 Å². The fraction of sp³-hybridized carbons (Fsp3) is 0.600. The van der Waals surface area contributed by atoms with E-state index >= 15 is 0 Å². The summed E-state index contributed by atoms with van der Waals surface area (Å²) in [5, 5.41) is 2.20. The van der Waals surface area contributed by atoms with E-state index in [0.29, 0.717) is 11.6 Å². The van der Waals surface area contributed by atoms with E-state index in [2.05, 4.69) is 10.4 Å². The molecule has 6 heteroatoms. The van der Waals surface area contributed by atoms with Gasteiger partial charge in [0, 0.05) is 12.0 Å². The third-order valence-electron chi connectivity index (χ3n) is 2.49. The fourth-order valence-electron chi connectivity index (χ4n) is 1.37. The predicted molar refractivity (Wildman–Crippen MR) is 60.8 cm³/mol. The monoisotopic (exact) mass is 241 g/mol. The summed E-state index contributed by atoms with van der Waals surface area (Å²) in [4.78, 5) is 15.2. The van der Waals surface area contributed by atoms with E-state index in [1.54, 1.807) is 0 Å². The molecule has 0 aliphatic heterocycles. The quantitative estimate of drug-likeness (QED) is 0.338. The average molecular weight is 241 g/mol. The summed E-state index contributed by atoms with van der Waals surface area (Å²) in [5.41, 5.74) is 2.84. The van der Waals surface area contributed by atoms with Crippen LogP contribution in [0, 0.1) is 5.92 Å². The van der Waals surface area contributed by atoms with Gasteiger partial charge in [0.25, 0.3) is 5.91 Å². The number of hydrazine groups is 1. The average Bonchev–Trinajstić information content (AvgIpc) is 3.01. The van der Waals surface area contributed by atoms with Crippen molar-refractivity contribution in [3.05, 3.63) is 16.1 Å². The van der Waals surface area contributed by atoms with Gasteiger partial charge in [-0.2, -0.15) is 0 Å². The van der Waals surface area contributed by atoms with Gasteiger partial charge >= 0.3 is 0 Å². The maximum absolute atomic E-state index is 11.1. The summed E-state index contributed by atoms with van der Waals surface area (Å²) in [6, 6.07) is 0. The van der Waals surface area contributed by atoms with Gasteiger partial charge < -0.3 is 4.74 Å². The van der Waals surface area contributed by atoms with E-state index in [1.807, 2.05) is 5.38 Å². The zero-order valence-corrected chi connectivity index (χ0v) is 9.76. The third kappa shape index (κ3) is 3.26.